The zero-order valence-corrected chi connectivity index (χ0v) is 23.6. The van der Waals surface area contributed by atoms with Crippen LogP contribution in [0.4, 0.5) is 0 Å². The third-order valence-corrected chi connectivity index (χ3v) is 7.13. The number of H-pyrrole nitrogens is 1. The summed E-state index contributed by atoms with van der Waals surface area (Å²) in [5.74, 6) is -0.604. The maximum absolute atomic E-state index is 14.0. The molecule has 0 radical (unpaired) electrons. The number of aromatic nitrogens is 7. The normalized spacial score (nSPS) is 11.6. The molecule has 0 unspecified atom stereocenters. The Morgan fingerprint density at radius 3 is 2.49 bits per heavy atom. The van der Waals surface area contributed by atoms with Crippen LogP contribution in [-0.4, -0.2) is 45.8 Å². The second-order valence-electron chi connectivity index (χ2n) is 11.1. The number of aryl methyl sites for hydroxylation is 1. The van der Waals surface area contributed by atoms with Gasteiger partial charge in [0.1, 0.15) is 0 Å². The summed E-state index contributed by atoms with van der Waals surface area (Å²) in [7, 11) is 0. The van der Waals surface area contributed by atoms with E-state index in [2.05, 4.69) is 32.5 Å². The first-order valence-corrected chi connectivity index (χ1v) is 13.7. The smallest absolute Gasteiger partial charge is 0.337 e. The first kappa shape index (κ1) is 27.7. The largest absolute Gasteiger partial charge is 0.478 e. The van der Waals surface area contributed by atoms with Crippen LogP contribution in [0.25, 0.3) is 28.3 Å². The number of hydrogen-bond acceptors (Lipinski definition) is 6. The average Bonchev–Trinajstić information content (AvgIpc) is 3.60. The molecule has 5 aromatic rings. The summed E-state index contributed by atoms with van der Waals surface area (Å²) < 4.78 is 3.27. The maximum Gasteiger partial charge on any atom is 0.337 e. The van der Waals surface area contributed by atoms with Crippen molar-refractivity contribution >= 4 is 5.97 Å². The molecule has 0 spiro atoms. The van der Waals surface area contributed by atoms with Crippen molar-refractivity contribution in [1.29, 1.82) is 0 Å². The molecule has 3 aromatic heterocycles. The fourth-order valence-electron chi connectivity index (χ4n) is 5.04. The number of para-hydroxylation sites is 1. The SMILES string of the molecule is CCCCc1cn(-c2c(C(=O)O)cccc2C(C)(C)C)c(=O)n1Cc1ccc(-c2ncccc2-c2nn[nH]n2)cc1. The molecule has 0 saturated carbocycles. The number of rotatable bonds is 9. The highest BCUT2D eigenvalue weighted by Gasteiger charge is 2.26. The Morgan fingerprint density at radius 1 is 1.05 bits per heavy atom. The van der Waals surface area contributed by atoms with Crippen LogP contribution in [0.3, 0.4) is 0 Å². The molecule has 0 bridgehead atoms. The molecule has 0 aliphatic heterocycles. The quantitative estimate of drug-likeness (QED) is 0.255. The van der Waals surface area contributed by atoms with E-state index in [0.717, 1.165) is 46.5 Å². The van der Waals surface area contributed by atoms with Crippen LogP contribution in [0.5, 0.6) is 0 Å². The van der Waals surface area contributed by atoms with Crippen molar-refractivity contribution in [1.82, 2.24) is 34.7 Å². The van der Waals surface area contributed by atoms with Crippen molar-refractivity contribution in [3.63, 3.8) is 0 Å². The molecule has 210 valence electrons. The summed E-state index contributed by atoms with van der Waals surface area (Å²) in [5.41, 5.74) is 4.88. The summed E-state index contributed by atoms with van der Waals surface area (Å²) in [6.07, 6.45) is 6.12. The summed E-state index contributed by atoms with van der Waals surface area (Å²) in [6, 6.07) is 16.8. The molecule has 0 aliphatic carbocycles. The molecular weight excluding hydrogens is 518 g/mol. The Hall–Kier alpha value is -4.86. The number of aromatic carboxylic acids is 1. The Balaban J connectivity index is 1.56. The van der Waals surface area contributed by atoms with Crippen molar-refractivity contribution < 1.29 is 9.90 Å². The summed E-state index contributed by atoms with van der Waals surface area (Å²) in [4.78, 5) is 30.8. The molecule has 0 saturated heterocycles. The molecule has 0 atom stereocenters. The predicted octanol–water partition coefficient (Wildman–Crippen LogP) is 5.27. The van der Waals surface area contributed by atoms with E-state index < -0.39 is 5.97 Å². The Kier molecular flexibility index (Phi) is 7.65. The zero-order chi connectivity index (χ0) is 29.1. The second kappa shape index (κ2) is 11.3. The number of pyridine rings is 1. The highest BCUT2D eigenvalue weighted by Crippen LogP contribution is 2.31. The monoisotopic (exact) mass is 551 g/mol. The van der Waals surface area contributed by atoms with E-state index in [4.69, 9.17) is 0 Å². The van der Waals surface area contributed by atoms with Gasteiger partial charge < -0.3 is 5.11 Å². The van der Waals surface area contributed by atoms with E-state index in [1.807, 2.05) is 69.4 Å². The molecule has 3 heterocycles. The van der Waals surface area contributed by atoms with Gasteiger partial charge in [-0.2, -0.15) is 5.21 Å². The Bertz CT molecular complexity index is 1730. The number of unbranched alkanes of at least 4 members (excludes halogenated alkanes) is 1. The first-order chi connectivity index (χ1) is 19.7. The third kappa shape index (κ3) is 5.58. The maximum atomic E-state index is 14.0. The van der Waals surface area contributed by atoms with Gasteiger partial charge in [-0.15, -0.1) is 10.2 Å². The number of nitrogens with zero attached hydrogens (tertiary/aromatic N) is 6. The standard InChI is InChI=1S/C31H33N7O3/c1-5-6-9-22-19-38(27-24(29(39)40)10-7-12-25(27)31(2,3)4)30(41)37(22)18-20-13-15-21(16-14-20)26-23(11-8-17-32-26)28-33-35-36-34-28/h7-8,10-17,19H,5-6,9,18H2,1-4H3,(H,39,40)(H,33,34,35,36). The summed E-state index contributed by atoms with van der Waals surface area (Å²) >= 11 is 0. The van der Waals surface area contributed by atoms with Gasteiger partial charge in [0.05, 0.1) is 23.5 Å². The molecular formula is C31H33N7O3. The van der Waals surface area contributed by atoms with Crippen molar-refractivity contribution in [2.75, 3.05) is 0 Å². The lowest BCUT2D eigenvalue weighted by molar-refractivity contribution is 0.0696. The minimum Gasteiger partial charge on any atom is -0.478 e. The molecule has 41 heavy (non-hydrogen) atoms. The molecule has 5 rings (SSSR count). The molecule has 0 fully saturated rings. The van der Waals surface area contributed by atoms with Gasteiger partial charge in [0.25, 0.3) is 0 Å². The van der Waals surface area contributed by atoms with Gasteiger partial charge in [-0.25, -0.2) is 9.59 Å². The van der Waals surface area contributed by atoms with Crippen molar-refractivity contribution in [3.8, 4) is 28.3 Å². The van der Waals surface area contributed by atoms with Gasteiger partial charge in [0.15, 0.2) is 0 Å². The van der Waals surface area contributed by atoms with Crippen LogP contribution >= 0.6 is 0 Å². The molecule has 10 heteroatoms. The fraction of sp³-hybridized carbons (Fsp3) is 0.290. The van der Waals surface area contributed by atoms with Crippen LogP contribution < -0.4 is 5.69 Å². The number of carboxylic acids is 1. The average molecular weight is 552 g/mol. The summed E-state index contributed by atoms with van der Waals surface area (Å²) in [6.45, 7) is 8.52. The Morgan fingerprint density at radius 2 is 1.83 bits per heavy atom. The lowest BCUT2D eigenvalue weighted by Crippen LogP contribution is -2.28. The van der Waals surface area contributed by atoms with E-state index in [1.54, 1.807) is 22.9 Å². The number of benzene rings is 2. The lowest BCUT2D eigenvalue weighted by Gasteiger charge is -2.24. The number of carbonyl (C=O) groups is 1. The topological polar surface area (TPSA) is 132 Å². The number of nitrogens with one attached hydrogen (secondary N) is 1. The molecule has 2 aromatic carbocycles. The van der Waals surface area contributed by atoms with Crippen molar-refractivity contribution in [2.24, 2.45) is 0 Å². The van der Waals surface area contributed by atoms with E-state index in [1.165, 1.54) is 4.57 Å². The van der Waals surface area contributed by atoms with E-state index in [0.29, 0.717) is 24.5 Å². The fourth-order valence-corrected chi connectivity index (χ4v) is 5.04. The van der Waals surface area contributed by atoms with Gasteiger partial charge in [-0.05, 0) is 52.8 Å². The number of imidazole rings is 1. The van der Waals surface area contributed by atoms with Crippen LogP contribution in [0.15, 0.2) is 71.8 Å². The van der Waals surface area contributed by atoms with Gasteiger partial charge in [-0.1, -0.05) is 70.5 Å². The first-order valence-electron chi connectivity index (χ1n) is 13.7. The minimum absolute atomic E-state index is 0.107. The van der Waals surface area contributed by atoms with Crippen LogP contribution in [0.2, 0.25) is 0 Å². The zero-order valence-electron chi connectivity index (χ0n) is 23.6. The van der Waals surface area contributed by atoms with E-state index >= 15 is 0 Å². The highest BCUT2D eigenvalue weighted by atomic mass is 16.4. The number of carboxylic acid groups (broad SMARTS) is 1. The van der Waals surface area contributed by atoms with Gasteiger partial charge >= 0.3 is 11.7 Å². The molecule has 10 nitrogen and oxygen atoms in total. The van der Waals surface area contributed by atoms with Gasteiger partial charge in [0.2, 0.25) is 5.82 Å². The summed E-state index contributed by atoms with van der Waals surface area (Å²) in [5, 5.41) is 24.3. The lowest BCUT2D eigenvalue weighted by atomic mass is 9.84. The van der Waals surface area contributed by atoms with Crippen LogP contribution in [0, 0.1) is 0 Å². The van der Waals surface area contributed by atoms with E-state index in [9.17, 15) is 14.7 Å². The third-order valence-electron chi connectivity index (χ3n) is 7.13. The van der Waals surface area contributed by atoms with Gasteiger partial charge in [-0.3, -0.25) is 14.1 Å². The predicted molar refractivity (Wildman–Crippen MR) is 156 cm³/mol. The van der Waals surface area contributed by atoms with Crippen molar-refractivity contribution in [2.45, 2.75) is 58.9 Å². The van der Waals surface area contributed by atoms with Crippen LogP contribution in [-0.2, 0) is 18.4 Å². The molecule has 0 amide bonds. The van der Waals surface area contributed by atoms with Crippen LogP contribution in [0.1, 0.15) is 67.7 Å². The molecule has 2 N–H and O–H groups in total. The number of hydrogen-bond donors (Lipinski definition) is 2. The number of tetrazole rings is 1. The van der Waals surface area contributed by atoms with Gasteiger partial charge in [0, 0.05) is 29.2 Å². The second-order valence-corrected chi connectivity index (χ2v) is 11.1. The van der Waals surface area contributed by atoms with Crippen molar-refractivity contribution in [3.05, 3.63) is 99.9 Å². The Labute approximate surface area is 237 Å². The molecule has 0 aliphatic rings. The number of aromatic amines is 1. The van der Waals surface area contributed by atoms with E-state index in [-0.39, 0.29) is 16.7 Å². The highest BCUT2D eigenvalue weighted by molar-refractivity contribution is 5.92. The minimum atomic E-state index is -1.06.